The van der Waals surface area contributed by atoms with Crippen LogP contribution in [0, 0.1) is 12.8 Å². The molecule has 0 saturated heterocycles. The van der Waals surface area contributed by atoms with Crippen LogP contribution in [0.3, 0.4) is 0 Å². The van der Waals surface area contributed by atoms with Gasteiger partial charge in [0.1, 0.15) is 0 Å². The second kappa shape index (κ2) is 7.93. The molecule has 110 valence electrons. The summed E-state index contributed by atoms with van der Waals surface area (Å²) in [6.07, 6.45) is 7.93. The van der Waals surface area contributed by atoms with Crippen LogP contribution < -0.4 is 10.6 Å². The fourth-order valence-corrected chi connectivity index (χ4v) is 2.94. The van der Waals surface area contributed by atoms with Crippen LogP contribution in [-0.4, -0.2) is 12.6 Å². The smallest absolute Gasteiger partial charge is 0.315 e. The van der Waals surface area contributed by atoms with Gasteiger partial charge in [0.15, 0.2) is 0 Å². The zero-order valence-electron chi connectivity index (χ0n) is 12.5. The van der Waals surface area contributed by atoms with Gasteiger partial charge in [0, 0.05) is 13.1 Å². The van der Waals surface area contributed by atoms with E-state index >= 15 is 0 Å². The Labute approximate surface area is 122 Å². The van der Waals surface area contributed by atoms with Crippen molar-refractivity contribution in [3.05, 3.63) is 35.4 Å². The van der Waals surface area contributed by atoms with Gasteiger partial charge >= 0.3 is 6.03 Å². The Bertz CT molecular complexity index is 425. The minimum absolute atomic E-state index is 0.0559. The van der Waals surface area contributed by atoms with Crippen molar-refractivity contribution in [3.8, 4) is 0 Å². The lowest BCUT2D eigenvalue weighted by Crippen LogP contribution is -2.35. The molecule has 1 saturated carbocycles. The lowest BCUT2D eigenvalue weighted by atomic mass is 10.0. The monoisotopic (exact) mass is 274 g/mol. The quantitative estimate of drug-likeness (QED) is 0.762. The molecule has 2 N–H and O–H groups in total. The molecule has 0 unspecified atom stereocenters. The van der Waals surface area contributed by atoms with Crippen LogP contribution in [0.1, 0.15) is 49.7 Å². The van der Waals surface area contributed by atoms with Crippen LogP contribution in [0.5, 0.6) is 0 Å². The first-order valence-electron chi connectivity index (χ1n) is 7.82. The molecule has 0 aromatic heterocycles. The third kappa shape index (κ3) is 4.87. The van der Waals surface area contributed by atoms with Gasteiger partial charge in [-0.1, -0.05) is 49.9 Å². The molecule has 1 aromatic carbocycles. The van der Waals surface area contributed by atoms with Crippen LogP contribution in [0.15, 0.2) is 24.3 Å². The lowest BCUT2D eigenvalue weighted by Gasteiger charge is -2.11. The summed E-state index contributed by atoms with van der Waals surface area (Å²) < 4.78 is 0. The van der Waals surface area contributed by atoms with Crippen LogP contribution in [0.25, 0.3) is 0 Å². The van der Waals surface area contributed by atoms with E-state index in [4.69, 9.17) is 0 Å². The molecule has 1 aliphatic carbocycles. The van der Waals surface area contributed by atoms with Crippen molar-refractivity contribution in [2.75, 3.05) is 6.54 Å². The van der Waals surface area contributed by atoms with E-state index < -0.39 is 0 Å². The van der Waals surface area contributed by atoms with E-state index in [0.29, 0.717) is 6.54 Å². The maximum Gasteiger partial charge on any atom is 0.315 e. The zero-order valence-corrected chi connectivity index (χ0v) is 12.5. The average molecular weight is 274 g/mol. The molecule has 0 heterocycles. The van der Waals surface area contributed by atoms with Crippen molar-refractivity contribution >= 4 is 6.03 Å². The Morgan fingerprint density at radius 2 is 1.95 bits per heavy atom. The highest BCUT2D eigenvalue weighted by atomic mass is 16.2. The van der Waals surface area contributed by atoms with E-state index in [0.717, 1.165) is 18.9 Å². The molecule has 1 aromatic rings. The zero-order chi connectivity index (χ0) is 14.2. The van der Waals surface area contributed by atoms with Gasteiger partial charge in [-0.15, -0.1) is 0 Å². The van der Waals surface area contributed by atoms with Gasteiger partial charge in [0.25, 0.3) is 0 Å². The molecule has 0 radical (unpaired) electrons. The second-order valence-corrected chi connectivity index (χ2v) is 5.83. The minimum Gasteiger partial charge on any atom is -0.338 e. The van der Waals surface area contributed by atoms with E-state index in [9.17, 15) is 4.79 Å². The van der Waals surface area contributed by atoms with Gasteiger partial charge in [0.05, 0.1) is 0 Å². The van der Waals surface area contributed by atoms with Gasteiger partial charge in [-0.2, -0.15) is 0 Å². The van der Waals surface area contributed by atoms with E-state index in [1.54, 1.807) is 0 Å². The molecule has 0 spiro atoms. The molecule has 3 heteroatoms. The molecule has 0 aliphatic heterocycles. The molecule has 1 fully saturated rings. The van der Waals surface area contributed by atoms with Gasteiger partial charge in [0.2, 0.25) is 0 Å². The molecule has 20 heavy (non-hydrogen) atoms. The molecular weight excluding hydrogens is 248 g/mol. The number of hydrogen-bond donors (Lipinski definition) is 2. The molecule has 2 rings (SSSR count). The normalized spacial score (nSPS) is 15.2. The standard InChI is InChI=1S/C17H26N2O/c1-14-7-2-5-11-16(14)13-19-17(20)18-12-6-10-15-8-3-4-9-15/h2,5,7,11,15H,3-4,6,8-10,12-13H2,1H3,(H2,18,19,20). The second-order valence-electron chi connectivity index (χ2n) is 5.83. The van der Waals surface area contributed by atoms with Gasteiger partial charge in [-0.25, -0.2) is 4.79 Å². The Kier molecular flexibility index (Phi) is 5.90. The fraction of sp³-hybridized carbons (Fsp3) is 0.588. The van der Waals surface area contributed by atoms with Crippen LogP contribution in [0.2, 0.25) is 0 Å². The summed E-state index contributed by atoms with van der Waals surface area (Å²) in [5.74, 6) is 0.909. The first-order valence-corrected chi connectivity index (χ1v) is 7.82. The Morgan fingerprint density at radius 1 is 1.20 bits per heavy atom. The van der Waals surface area contributed by atoms with Crippen molar-refractivity contribution in [2.24, 2.45) is 5.92 Å². The fourth-order valence-electron chi connectivity index (χ4n) is 2.94. The predicted molar refractivity (Wildman–Crippen MR) is 82.6 cm³/mol. The summed E-state index contributed by atoms with van der Waals surface area (Å²) in [6.45, 7) is 3.45. The van der Waals surface area contributed by atoms with Gasteiger partial charge < -0.3 is 10.6 Å². The van der Waals surface area contributed by atoms with Crippen molar-refractivity contribution in [1.82, 2.24) is 10.6 Å². The summed E-state index contributed by atoms with van der Waals surface area (Å²) in [5, 5.41) is 5.86. The van der Waals surface area contributed by atoms with Crippen molar-refractivity contribution < 1.29 is 4.79 Å². The Balaban J connectivity index is 1.57. The largest absolute Gasteiger partial charge is 0.338 e. The summed E-state index contributed by atoms with van der Waals surface area (Å²) in [5.41, 5.74) is 2.39. The number of hydrogen-bond acceptors (Lipinski definition) is 1. The summed E-state index contributed by atoms with van der Waals surface area (Å²) >= 11 is 0. The molecule has 3 nitrogen and oxygen atoms in total. The summed E-state index contributed by atoms with van der Waals surface area (Å²) in [6, 6.07) is 8.08. The third-order valence-electron chi connectivity index (χ3n) is 4.25. The van der Waals surface area contributed by atoms with E-state index in [1.165, 1.54) is 43.2 Å². The number of rotatable bonds is 6. The SMILES string of the molecule is Cc1ccccc1CNC(=O)NCCCC1CCCC1. The number of nitrogens with one attached hydrogen (secondary N) is 2. The van der Waals surface area contributed by atoms with Crippen molar-refractivity contribution in [1.29, 1.82) is 0 Å². The van der Waals surface area contributed by atoms with Gasteiger partial charge in [-0.05, 0) is 36.8 Å². The average Bonchev–Trinajstić information content (AvgIpc) is 2.96. The van der Waals surface area contributed by atoms with Crippen molar-refractivity contribution in [2.45, 2.75) is 52.0 Å². The van der Waals surface area contributed by atoms with E-state index in [2.05, 4.69) is 29.7 Å². The van der Waals surface area contributed by atoms with Crippen LogP contribution in [-0.2, 0) is 6.54 Å². The number of aryl methyl sites for hydroxylation is 1. The molecular formula is C17H26N2O. The Hall–Kier alpha value is -1.51. The molecule has 0 atom stereocenters. The summed E-state index contributed by atoms with van der Waals surface area (Å²) in [7, 11) is 0. The number of carbonyl (C=O) groups is 1. The maximum atomic E-state index is 11.7. The highest BCUT2D eigenvalue weighted by Crippen LogP contribution is 2.28. The topological polar surface area (TPSA) is 41.1 Å². The van der Waals surface area contributed by atoms with E-state index in [-0.39, 0.29) is 6.03 Å². The van der Waals surface area contributed by atoms with Crippen LogP contribution in [0.4, 0.5) is 4.79 Å². The van der Waals surface area contributed by atoms with E-state index in [1.807, 2.05) is 12.1 Å². The highest BCUT2D eigenvalue weighted by Gasteiger charge is 2.14. The van der Waals surface area contributed by atoms with Crippen molar-refractivity contribution in [3.63, 3.8) is 0 Å². The van der Waals surface area contributed by atoms with Crippen LogP contribution >= 0.6 is 0 Å². The number of urea groups is 1. The Morgan fingerprint density at radius 3 is 2.70 bits per heavy atom. The molecule has 2 amide bonds. The first kappa shape index (κ1) is 14.9. The maximum absolute atomic E-state index is 11.7. The number of amides is 2. The third-order valence-corrected chi connectivity index (χ3v) is 4.25. The summed E-state index contributed by atoms with van der Waals surface area (Å²) in [4.78, 5) is 11.7. The van der Waals surface area contributed by atoms with Gasteiger partial charge in [-0.3, -0.25) is 0 Å². The first-order chi connectivity index (χ1) is 9.75. The molecule has 0 bridgehead atoms. The minimum atomic E-state index is -0.0559. The highest BCUT2D eigenvalue weighted by molar-refractivity contribution is 5.73. The number of carbonyl (C=O) groups excluding carboxylic acids is 1. The molecule has 1 aliphatic rings. The number of benzene rings is 1. The predicted octanol–water partition coefficient (Wildman–Crippen LogP) is 3.76. The lowest BCUT2D eigenvalue weighted by molar-refractivity contribution is 0.240.